The highest BCUT2D eigenvalue weighted by atomic mass is 127. The third kappa shape index (κ3) is 8.36. The number of carbonyl (C=O) groups excluding carboxylic acids is 1. The third-order valence-corrected chi connectivity index (χ3v) is 3.88. The van der Waals surface area contributed by atoms with Gasteiger partial charge in [-0.1, -0.05) is 6.92 Å². The van der Waals surface area contributed by atoms with Gasteiger partial charge in [0, 0.05) is 26.7 Å². The first-order chi connectivity index (χ1) is 10.8. The zero-order chi connectivity index (χ0) is 17.5. The summed E-state index contributed by atoms with van der Waals surface area (Å²) in [5.41, 5.74) is 0. The summed E-state index contributed by atoms with van der Waals surface area (Å²) in [6.45, 7) is 3.39. The fourth-order valence-electron chi connectivity index (χ4n) is 2.63. The van der Waals surface area contributed by atoms with Gasteiger partial charge in [-0.25, -0.2) is 0 Å². The number of rotatable bonds is 6. The summed E-state index contributed by atoms with van der Waals surface area (Å²) >= 11 is 0. The number of nitrogens with zero attached hydrogens (tertiary/aromatic N) is 3. The lowest BCUT2D eigenvalue weighted by Crippen LogP contribution is -2.48. The molecule has 0 saturated carbocycles. The Morgan fingerprint density at radius 1 is 1.38 bits per heavy atom. The average Bonchev–Trinajstić information content (AvgIpc) is 2.92. The number of hydrogen-bond acceptors (Lipinski definition) is 3. The van der Waals surface area contributed by atoms with Crippen LogP contribution in [0.3, 0.4) is 0 Å². The van der Waals surface area contributed by atoms with Gasteiger partial charge in [0.05, 0.1) is 6.54 Å². The van der Waals surface area contributed by atoms with E-state index in [0.717, 1.165) is 33.0 Å². The molecule has 142 valence electrons. The van der Waals surface area contributed by atoms with E-state index in [0.29, 0.717) is 23.4 Å². The minimum Gasteiger partial charge on any atom is -0.355 e. The van der Waals surface area contributed by atoms with Crippen molar-refractivity contribution in [2.75, 3.05) is 46.8 Å². The van der Waals surface area contributed by atoms with Crippen molar-refractivity contribution in [2.24, 2.45) is 4.99 Å². The summed E-state index contributed by atoms with van der Waals surface area (Å²) in [4.78, 5) is 18.7. The molecule has 1 heterocycles. The SMILES string of the molecule is CCN1CCCC1CNC(=NC)NCC(=O)N(C)CC(F)(F)F.I. The number of carbonyl (C=O) groups is 1. The molecule has 1 rings (SSSR count). The van der Waals surface area contributed by atoms with Crippen molar-refractivity contribution in [3.8, 4) is 0 Å². The average molecular weight is 465 g/mol. The number of aliphatic imine (C=N–C) groups is 1. The Bertz CT molecular complexity index is 420. The molecule has 0 radical (unpaired) electrons. The highest BCUT2D eigenvalue weighted by Crippen LogP contribution is 2.16. The molecule has 1 amide bonds. The van der Waals surface area contributed by atoms with Crippen LogP contribution in [0, 0.1) is 0 Å². The van der Waals surface area contributed by atoms with Gasteiger partial charge < -0.3 is 15.5 Å². The van der Waals surface area contributed by atoms with Crippen molar-refractivity contribution in [1.82, 2.24) is 20.4 Å². The van der Waals surface area contributed by atoms with Crippen LogP contribution in [0.1, 0.15) is 19.8 Å². The standard InChI is InChI=1S/C14H26F3N5O.HI/c1-4-22-7-5-6-11(22)8-19-13(18-2)20-9-12(23)21(3)10-14(15,16)17;/h11H,4-10H2,1-3H3,(H2,18,19,20);1H. The van der Waals surface area contributed by atoms with Crippen molar-refractivity contribution in [3.63, 3.8) is 0 Å². The van der Waals surface area contributed by atoms with Crippen LogP contribution in [0.2, 0.25) is 0 Å². The van der Waals surface area contributed by atoms with Crippen LogP contribution in [0.15, 0.2) is 4.99 Å². The van der Waals surface area contributed by atoms with Crippen LogP contribution < -0.4 is 10.6 Å². The number of alkyl halides is 3. The summed E-state index contributed by atoms with van der Waals surface area (Å²) in [7, 11) is 2.69. The maximum Gasteiger partial charge on any atom is 0.406 e. The molecular formula is C14H27F3IN5O. The molecular weight excluding hydrogens is 438 g/mol. The van der Waals surface area contributed by atoms with Crippen molar-refractivity contribution in [1.29, 1.82) is 0 Å². The van der Waals surface area contributed by atoms with Crippen LogP contribution in [0.25, 0.3) is 0 Å². The molecule has 1 unspecified atom stereocenters. The summed E-state index contributed by atoms with van der Waals surface area (Å²) in [6, 6.07) is 0.419. The van der Waals surface area contributed by atoms with E-state index >= 15 is 0 Å². The second-order valence-corrected chi connectivity index (χ2v) is 5.60. The Kier molecular flexibility index (Phi) is 10.6. The van der Waals surface area contributed by atoms with E-state index in [4.69, 9.17) is 0 Å². The van der Waals surface area contributed by atoms with E-state index in [1.165, 1.54) is 0 Å². The zero-order valence-corrected chi connectivity index (χ0v) is 16.6. The van der Waals surface area contributed by atoms with Crippen molar-refractivity contribution < 1.29 is 18.0 Å². The molecule has 1 fully saturated rings. The quantitative estimate of drug-likeness (QED) is 0.353. The van der Waals surface area contributed by atoms with Crippen LogP contribution in [-0.2, 0) is 4.79 Å². The Labute approximate surface area is 158 Å². The second-order valence-electron chi connectivity index (χ2n) is 5.60. The Hall–Kier alpha value is -0.780. The number of guanidine groups is 1. The Morgan fingerprint density at radius 2 is 2.04 bits per heavy atom. The summed E-state index contributed by atoms with van der Waals surface area (Å²) in [5.74, 6) is -0.219. The Balaban J connectivity index is 0.00000529. The summed E-state index contributed by atoms with van der Waals surface area (Å²) < 4.78 is 36.7. The minimum atomic E-state index is -4.39. The zero-order valence-electron chi connectivity index (χ0n) is 14.3. The van der Waals surface area contributed by atoms with Gasteiger partial charge in [0.15, 0.2) is 5.96 Å². The summed E-state index contributed by atoms with van der Waals surface area (Å²) in [6.07, 6.45) is -2.13. The fourth-order valence-corrected chi connectivity index (χ4v) is 2.63. The molecule has 6 nitrogen and oxygen atoms in total. The van der Waals surface area contributed by atoms with Gasteiger partial charge in [0.2, 0.25) is 5.91 Å². The molecule has 0 spiro atoms. The molecule has 2 N–H and O–H groups in total. The lowest BCUT2D eigenvalue weighted by molar-refractivity contribution is -0.157. The van der Waals surface area contributed by atoms with Crippen LogP contribution >= 0.6 is 24.0 Å². The predicted molar refractivity (Wildman–Crippen MR) is 98.7 cm³/mol. The minimum absolute atomic E-state index is 0. The Morgan fingerprint density at radius 3 is 2.58 bits per heavy atom. The highest BCUT2D eigenvalue weighted by molar-refractivity contribution is 14.0. The number of likely N-dealkylation sites (N-methyl/N-ethyl adjacent to an activating group) is 2. The molecule has 1 aliphatic rings. The molecule has 0 aliphatic carbocycles. The van der Waals surface area contributed by atoms with Gasteiger partial charge in [0.1, 0.15) is 6.54 Å². The second kappa shape index (κ2) is 11.0. The summed E-state index contributed by atoms with van der Waals surface area (Å²) in [5, 5.41) is 5.88. The van der Waals surface area contributed by atoms with Gasteiger partial charge >= 0.3 is 6.18 Å². The monoisotopic (exact) mass is 465 g/mol. The lowest BCUT2D eigenvalue weighted by Gasteiger charge is -2.24. The van der Waals surface area contributed by atoms with Gasteiger partial charge in [-0.05, 0) is 25.9 Å². The molecule has 1 atom stereocenters. The first kappa shape index (κ1) is 23.2. The van der Waals surface area contributed by atoms with Crippen molar-refractivity contribution in [2.45, 2.75) is 32.0 Å². The normalized spacial score (nSPS) is 18.9. The van der Waals surface area contributed by atoms with Gasteiger partial charge in [0.25, 0.3) is 0 Å². The first-order valence-corrected chi connectivity index (χ1v) is 7.76. The number of nitrogens with one attached hydrogen (secondary N) is 2. The molecule has 0 aromatic carbocycles. The topological polar surface area (TPSA) is 60.0 Å². The highest BCUT2D eigenvalue weighted by Gasteiger charge is 2.31. The molecule has 1 saturated heterocycles. The smallest absolute Gasteiger partial charge is 0.355 e. The van der Waals surface area contributed by atoms with Crippen LogP contribution in [-0.4, -0.2) is 80.7 Å². The predicted octanol–water partition coefficient (Wildman–Crippen LogP) is 1.27. The van der Waals surface area contributed by atoms with Crippen molar-refractivity contribution >= 4 is 35.8 Å². The van der Waals surface area contributed by atoms with Gasteiger partial charge in [-0.3, -0.25) is 14.7 Å². The maximum atomic E-state index is 12.2. The molecule has 1 aliphatic heterocycles. The van der Waals surface area contributed by atoms with E-state index in [1.54, 1.807) is 7.05 Å². The maximum absolute atomic E-state index is 12.2. The van der Waals surface area contributed by atoms with Crippen LogP contribution in [0.4, 0.5) is 13.2 Å². The van der Waals surface area contributed by atoms with Crippen LogP contribution in [0.5, 0.6) is 0 Å². The third-order valence-electron chi connectivity index (χ3n) is 3.88. The largest absolute Gasteiger partial charge is 0.406 e. The molecule has 0 aromatic rings. The van der Waals surface area contributed by atoms with Crippen molar-refractivity contribution in [3.05, 3.63) is 0 Å². The van der Waals surface area contributed by atoms with E-state index in [-0.39, 0.29) is 30.5 Å². The fraction of sp³-hybridized carbons (Fsp3) is 0.857. The van der Waals surface area contributed by atoms with E-state index < -0.39 is 18.6 Å². The molecule has 10 heteroatoms. The number of halogens is 4. The first-order valence-electron chi connectivity index (χ1n) is 7.76. The molecule has 24 heavy (non-hydrogen) atoms. The lowest BCUT2D eigenvalue weighted by atomic mass is 10.2. The molecule has 0 aromatic heterocycles. The number of likely N-dealkylation sites (tertiary alicyclic amines) is 1. The van der Waals surface area contributed by atoms with Gasteiger partial charge in [-0.2, -0.15) is 13.2 Å². The van der Waals surface area contributed by atoms with E-state index in [2.05, 4.69) is 27.4 Å². The van der Waals surface area contributed by atoms with E-state index in [9.17, 15) is 18.0 Å². The van der Waals surface area contributed by atoms with Gasteiger partial charge in [-0.15, -0.1) is 24.0 Å². The van der Waals surface area contributed by atoms with E-state index in [1.807, 2.05) is 0 Å². The number of hydrogen-bond donors (Lipinski definition) is 2. The number of amides is 1. The molecule has 0 bridgehead atoms.